The second kappa shape index (κ2) is 11.9. The van der Waals surface area contributed by atoms with E-state index in [2.05, 4.69) is 27.7 Å². The van der Waals surface area contributed by atoms with Gasteiger partial charge in [-0.3, -0.25) is 9.59 Å². The summed E-state index contributed by atoms with van der Waals surface area (Å²) in [6, 6.07) is 8.49. The summed E-state index contributed by atoms with van der Waals surface area (Å²) in [5, 5.41) is 15.6. The zero-order valence-electron chi connectivity index (χ0n) is 20.7. The largest absolute Gasteiger partial charge is 0.481 e. The number of nitrogens with one attached hydrogen (secondary N) is 2. The number of nitrogens with zero attached hydrogens (tertiary/aromatic N) is 2. The fraction of sp³-hybridized carbons (Fsp3) is 0.519. The molecule has 1 saturated heterocycles. The molecule has 2 aliphatic heterocycles. The number of rotatable bonds is 9. The van der Waals surface area contributed by atoms with Crippen molar-refractivity contribution in [3.05, 3.63) is 58.8 Å². The molecule has 7 nitrogen and oxygen atoms in total. The van der Waals surface area contributed by atoms with Crippen LogP contribution in [0.3, 0.4) is 0 Å². The molecule has 0 unspecified atom stereocenters. The second-order valence-corrected chi connectivity index (χ2v) is 9.84. The van der Waals surface area contributed by atoms with Crippen molar-refractivity contribution in [2.24, 2.45) is 5.92 Å². The van der Waals surface area contributed by atoms with E-state index in [9.17, 15) is 27.9 Å². The summed E-state index contributed by atoms with van der Waals surface area (Å²) in [5.74, 6) is -2.09. The van der Waals surface area contributed by atoms with E-state index in [4.69, 9.17) is 4.98 Å². The Bertz CT molecular complexity index is 1110. The maximum atomic E-state index is 13.1. The number of halogens is 3. The van der Waals surface area contributed by atoms with Crippen LogP contribution < -0.4 is 10.6 Å². The molecule has 200 valence electrons. The van der Waals surface area contributed by atoms with Crippen molar-refractivity contribution in [3.8, 4) is 0 Å². The Hall–Kier alpha value is -3.14. The normalized spacial score (nSPS) is 18.9. The fourth-order valence-electron chi connectivity index (χ4n) is 5.09. The molecule has 10 heteroatoms. The minimum absolute atomic E-state index is 0.0129. The first-order valence-electron chi connectivity index (χ1n) is 12.8. The molecule has 0 bridgehead atoms. The Labute approximate surface area is 214 Å². The van der Waals surface area contributed by atoms with Crippen LogP contribution in [-0.2, 0) is 28.6 Å². The summed E-state index contributed by atoms with van der Waals surface area (Å²) in [6.07, 6.45) is 0.924. The van der Waals surface area contributed by atoms with Crippen molar-refractivity contribution >= 4 is 17.7 Å². The van der Waals surface area contributed by atoms with Crippen LogP contribution in [0.15, 0.2) is 36.4 Å². The molecule has 0 spiro atoms. The highest BCUT2D eigenvalue weighted by atomic mass is 19.4. The minimum atomic E-state index is -4.57. The molecule has 2 aliphatic rings. The highest BCUT2D eigenvalue weighted by molar-refractivity contribution is 5.81. The lowest BCUT2D eigenvalue weighted by atomic mass is 9.94. The number of piperidine rings is 1. The van der Waals surface area contributed by atoms with Gasteiger partial charge in [0.2, 0.25) is 5.91 Å². The molecule has 1 aromatic heterocycles. The smallest absolute Gasteiger partial charge is 0.416 e. The molecule has 0 saturated carbocycles. The summed E-state index contributed by atoms with van der Waals surface area (Å²) >= 11 is 0. The number of pyridine rings is 1. The molecule has 2 aromatic rings. The zero-order chi connectivity index (χ0) is 26.4. The Morgan fingerprint density at radius 1 is 1.22 bits per heavy atom. The van der Waals surface area contributed by atoms with Crippen molar-refractivity contribution in [1.29, 1.82) is 0 Å². The van der Waals surface area contributed by atoms with Crippen LogP contribution in [0.25, 0.3) is 0 Å². The van der Waals surface area contributed by atoms with Gasteiger partial charge in [-0.25, -0.2) is 4.98 Å². The first-order chi connectivity index (χ1) is 17.7. The van der Waals surface area contributed by atoms with Crippen LogP contribution >= 0.6 is 0 Å². The Morgan fingerprint density at radius 2 is 2.05 bits per heavy atom. The van der Waals surface area contributed by atoms with E-state index in [0.717, 1.165) is 75.4 Å². The van der Waals surface area contributed by atoms with E-state index < -0.39 is 23.6 Å². The molecule has 0 aliphatic carbocycles. The van der Waals surface area contributed by atoms with Gasteiger partial charge in [0, 0.05) is 25.3 Å². The number of hydrogen-bond acceptors (Lipinski definition) is 5. The Balaban J connectivity index is 1.27. The van der Waals surface area contributed by atoms with Gasteiger partial charge in [-0.1, -0.05) is 24.3 Å². The third kappa shape index (κ3) is 7.21. The van der Waals surface area contributed by atoms with Crippen LogP contribution in [0, 0.1) is 5.92 Å². The molecule has 1 aromatic carbocycles. The van der Waals surface area contributed by atoms with Gasteiger partial charge in [-0.2, -0.15) is 13.2 Å². The number of alkyl halides is 3. The van der Waals surface area contributed by atoms with Crippen LogP contribution in [-0.4, -0.2) is 59.6 Å². The number of aromatic nitrogens is 1. The highest BCUT2D eigenvalue weighted by Gasteiger charge is 2.32. The lowest BCUT2D eigenvalue weighted by molar-refractivity contribution is -0.140. The topological polar surface area (TPSA) is 94.6 Å². The van der Waals surface area contributed by atoms with Crippen LogP contribution in [0.2, 0.25) is 0 Å². The van der Waals surface area contributed by atoms with E-state index in [1.54, 1.807) is 0 Å². The van der Waals surface area contributed by atoms with Gasteiger partial charge in [0.05, 0.1) is 17.4 Å². The van der Waals surface area contributed by atoms with Gasteiger partial charge in [-0.15, -0.1) is 0 Å². The molecule has 1 amide bonds. The quantitative estimate of drug-likeness (QED) is 0.463. The first-order valence-corrected chi connectivity index (χ1v) is 12.8. The minimum Gasteiger partial charge on any atom is -0.481 e. The summed E-state index contributed by atoms with van der Waals surface area (Å²) in [6.45, 7) is 2.99. The van der Waals surface area contributed by atoms with Gasteiger partial charge in [0.25, 0.3) is 0 Å². The first kappa shape index (κ1) is 26.9. The standard InChI is InChI=1S/C27H33F3N4O3/c28-27(29,30)21-8-1-5-19(15-21)23(26(36)37)16-32-25(35)20-7-3-13-34(17-20)14-4-9-22-11-10-18-6-2-12-31-24(18)33-22/h1,5,8,10-11,15,20,23H,2-4,6-7,9,12-14,16-17H2,(H,31,33)(H,32,35)(H,36,37)/t20-,23-/m1/s1. The summed E-state index contributed by atoms with van der Waals surface area (Å²) in [4.78, 5) is 31.6. The molecule has 4 rings (SSSR count). The number of carboxylic acid groups (broad SMARTS) is 1. The molecule has 1 fully saturated rings. The maximum Gasteiger partial charge on any atom is 0.416 e. The Kier molecular flexibility index (Phi) is 8.68. The van der Waals surface area contributed by atoms with Gasteiger partial charge < -0.3 is 20.6 Å². The van der Waals surface area contributed by atoms with Gasteiger partial charge in [0.15, 0.2) is 0 Å². The summed E-state index contributed by atoms with van der Waals surface area (Å²) < 4.78 is 39.2. The van der Waals surface area contributed by atoms with E-state index in [-0.39, 0.29) is 23.9 Å². The van der Waals surface area contributed by atoms with Gasteiger partial charge in [0.1, 0.15) is 5.82 Å². The lowest BCUT2D eigenvalue weighted by Crippen LogP contribution is -2.44. The fourth-order valence-corrected chi connectivity index (χ4v) is 5.09. The zero-order valence-corrected chi connectivity index (χ0v) is 20.7. The highest BCUT2D eigenvalue weighted by Crippen LogP contribution is 2.31. The number of carbonyl (C=O) groups excluding carboxylic acids is 1. The SMILES string of the molecule is O=C(NC[C@@H](C(=O)O)c1cccc(C(F)(F)F)c1)[C@@H]1CCCN(CCCc2ccc3c(n2)NCCC3)C1. The summed E-state index contributed by atoms with van der Waals surface area (Å²) in [5.41, 5.74) is 1.41. The monoisotopic (exact) mass is 518 g/mol. The molecule has 3 heterocycles. The molecular formula is C27H33F3N4O3. The number of fused-ring (bicyclic) bond motifs is 1. The number of aliphatic carboxylic acids is 1. The van der Waals surface area contributed by atoms with Crippen molar-refractivity contribution in [2.45, 2.75) is 50.6 Å². The molecule has 2 atom stereocenters. The van der Waals surface area contributed by atoms with Crippen LogP contribution in [0.4, 0.5) is 19.0 Å². The number of benzene rings is 1. The predicted octanol–water partition coefficient (Wildman–Crippen LogP) is 4.09. The van der Waals surface area contributed by atoms with E-state index in [1.165, 1.54) is 17.7 Å². The average molecular weight is 519 g/mol. The van der Waals surface area contributed by atoms with Gasteiger partial charge >= 0.3 is 12.1 Å². The number of amides is 1. The second-order valence-electron chi connectivity index (χ2n) is 9.84. The number of carboxylic acids is 1. The third-order valence-electron chi connectivity index (χ3n) is 7.13. The average Bonchev–Trinajstić information content (AvgIpc) is 2.88. The van der Waals surface area contributed by atoms with Crippen molar-refractivity contribution in [1.82, 2.24) is 15.2 Å². The van der Waals surface area contributed by atoms with E-state index >= 15 is 0 Å². The molecule has 0 radical (unpaired) electrons. The number of likely N-dealkylation sites (tertiary alicyclic amines) is 1. The maximum absolute atomic E-state index is 13.1. The molecular weight excluding hydrogens is 485 g/mol. The number of anilines is 1. The third-order valence-corrected chi connectivity index (χ3v) is 7.13. The van der Waals surface area contributed by atoms with Crippen LogP contribution in [0.1, 0.15) is 54.0 Å². The van der Waals surface area contributed by atoms with Crippen molar-refractivity contribution in [3.63, 3.8) is 0 Å². The number of carbonyl (C=O) groups is 2. The van der Waals surface area contributed by atoms with Crippen molar-refractivity contribution < 1.29 is 27.9 Å². The molecule has 3 N–H and O–H groups in total. The lowest BCUT2D eigenvalue weighted by Gasteiger charge is -2.32. The summed E-state index contributed by atoms with van der Waals surface area (Å²) in [7, 11) is 0. The number of aryl methyl sites for hydroxylation is 2. The van der Waals surface area contributed by atoms with E-state index in [0.29, 0.717) is 13.0 Å². The predicted molar refractivity (Wildman–Crippen MR) is 133 cm³/mol. The molecule has 37 heavy (non-hydrogen) atoms. The van der Waals surface area contributed by atoms with Crippen LogP contribution in [0.5, 0.6) is 0 Å². The van der Waals surface area contributed by atoms with Crippen molar-refractivity contribution in [2.75, 3.05) is 38.0 Å². The van der Waals surface area contributed by atoms with E-state index in [1.807, 2.05) is 0 Å². The Morgan fingerprint density at radius 3 is 2.84 bits per heavy atom. The van der Waals surface area contributed by atoms with Gasteiger partial charge in [-0.05, 0) is 74.9 Å². The number of hydrogen-bond donors (Lipinski definition) is 3.